The molecule has 0 bridgehead atoms. The second kappa shape index (κ2) is 8.72. The molecule has 1 aliphatic heterocycles. The van der Waals surface area contributed by atoms with Crippen molar-refractivity contribution in [2.75, 3.05) is 49.5 Å². The summed E-state index contributed by atoms with van der Waals surface area (Å²) in [4.78, 5) is 17.6. The van der Waals surface area contributed by atoms with Crippen molar-refractivity contribution in [3.63, 3.8) is 0 Å². The van der Waals surface area contributed by atoms with Gasteiger partial charge in [0.2, 0.25) is 0 Å². The van der Waals surface area contributed by atoms with Gasteiger partial charge in [-0.25, -0.2) is 0 Å². The summed E-state index contributed by atoms with van der Waals surface area (Å²) in [6.45, 7) is 9.76. The maximum atomic E-state index is 12.8. The summed E-state index contributed by atoms with van der Waals surface area (Å²) in [6, 6.07) is 15.4. The number of nitrogens with one attached hydrogen (secondary N) is 1. The van der Waals surface area contributed by atoms with E-state index in [1.54, 1.807) is 6.07 Å². The van der Waals surface area contributed by atoms with Gasteiger partial charge in [-0.1, -0.05) is 31.2 Å². The summed E-state index contributed by atoms with van der Waals surface area (Å²) in [5, 5.41) is 3.07. The average molecular weight is 353 g/mol. The Morgan fingerprint density at radius 2 is 1.69 bits per heavy atom. The Balaban J connectivity index is 1.78. The third kappa shape index (κ3) is 4.17. The van der Waals surface area contributed by atoms with E-state index in [2.05, 4.69) is 28.1 Å². The van der Waals surface area contributed by atoms with Crippen molar-refractivity contribution in [2.45, 2.75) is 13.8 Å². The van der Waals surface area contributed by atoms with E-state index in [1.165, 1.54) is 0 Å². The van der Waals surface area contributed by atoms with Crippen molar-refractivity contribution in [3.8, 4) is 5.75 Å². The van der Waals surface area contributed by atoms with E-state index >= 15 is 0 Å². The summed E-state index contributed by atoms with van der Waals surface area (Å²) in [7, 11) is 0. The molecule has 5 heteroatoms. The van der Waals surface area contributed by atoms with Crippen LogP contribution in [0.2, 0.25) is 0 Å². The van der Waals surface area contributed by atoms with Crippen molar-refractivity contribution in [1.82, 2.24) is 4.90 Å². The van der Waals surface area contributed by atoms with Gasteiger partial charge in [-0.05, 0) is 37.7 Å². The molecule has 1 amide bonds. The predicted octanol–water partition coefficient (Wildman–Crippen LogP) is 3.48. The molecule has 0 radical (unpaired) electrons. The molecule has 0 unspecified atom stereocenters. The van der Waals surface area contributed by atoms with Crippen LogP contribution in [-0.2, 0) is 0 Å². The van der Waals surface area contributed by atoms with Gasteiger partial charge in [-0.3, -0.25) is 4.79 Å². The van der Waals surface area contributed by atoms with E-state index in [1.807, 2.05) is 43.3 Å². The number of likely N-dealkylation sites (N-methyl/N-ethyl adjacent to an activating group) is 1. The molecule has 1 N–H and O–H groups in total. The Bertz CT molecular complexity index is 740. The molecule has 0 aromatic heterocycles. The molecule has 1 heterocycles. The van der Waals surface area contributed by atoms with Crippen LogP contribution in [0.5, 0.6) is 5.75 Å². The molecule has 0 saturated carbocycles. The zero-order valence-corrected chi connectivity index (χ0v) is 15.6. The number of rotatable bonds is 6. The molecule has 0 spiro atoms. The molecule has 26 heavy (non-hydrogen) atoms. The molecule has 0 atom stereocenters. The zero-order valence-electron chi connectivity index (χ0n) is 15.6. The first kappa shape index (κ1) is 18.3. The summed E-state index contributed by atoms with van der Waals surface area (Å²) in [6.07, 6.45) is 0. The van der Waals surface area contributed by atoms with Crippen molar-refractivity contribution in [3.05, 3.63) is 54.1 Å². The normalized spacial score (nSPS) is 14.9. The summed E-state index contributed by atoms with van der Waals surface area (Å²) in [5.74, 6) is 0.468. The lowest BCUT2D eigenvalue weighted by molar-refractivity contribution is 0.102. The maximum Gasteiger partial charge on any atom is 0.259 e. The van der Waals surface area contributed by atoms with Crippen molar-refractivity contribution in [1.29, 1.82) is 0 Å². The number of piperazine rings is 1. The highest BCUT2D eigenvalue weighted by Crippen LogP contribution is 2.28. The maximum absolute atomic E-state index is 12.8. The smallest absolute Gasteiger partial charge is 0.259 e. The first-order chi connectivity index (χ1) is 12.7. The van der Waals surface area contributed by atoms with Gasteiger partial charge in [0.25, 0.3) is 5.91 Å². The standard InChI is InChI=1S/C21H27N3O2/c1-3-23-13-15-24(16-14-23)19-11-7-6-10-18(19)22-21(25)17-9-5-8-12-20(17)26-4-2/h5-12H,3-4,13-16H2,1-2H3,(H,22,25). The topological polar surface area (TPSA) is 44.8 Å². The number of carbonyl (C=O) groups excluding carboxylic acids is 1. The van der Waals surface area contributed by atoms with Crippen LogP contribution < -0.4 is 15.0 Å². The second-order valence-electron chi connectivity index (χ2n) is 6.32. The van der Waals surface area contributed by atoms with Crippen LogP contribution in [0.1, 0.15) is 24.2 Å². The highest BCUT2D eigenvalue weighted by Gasteiger charge is 2.20. The van der Waals surface area contributed by atoms with Gasteiger partial charge < -0.3 is 19.9 Å². The highest BCUT2D eigenvalue weighted by molar-refractivity contribution is 6.07. The fourth-order valence-electron chi connectivity index (χ4n) is 3.29. The summed E-state index contributed by atoms with van der Waals surface area (Å²) in [5.41, 5.74) is 2.47. The van der Waals surface area contributed by atoms with Gasteiger partial charge in [0, 0.05) is 26.2 Å². The van der Waals surface area contributed by atoms with Crippen LogP contribution in [0.15, 0.2) is 48.5 Å². The molecule has 2 aromatic carbocycles. The second-order valence-corrected chi connectivity index (χ2v) is 6.32. The Labute approximate surface area is 155 Å². The van der Waals surface area contributed by atoms with Gasteiger partial charge in [-0.2, -0.15) is 0 Å². The number of hydrogen-bond donors (Lipinski definition) is 1. The minimum atomic E-state index is -0.145. The quantitative estimate of drug-likeness (QED) is 0.864. The van der Waals surface area contributed by atoms with Crippen LogP contribution in [-0.4, -0.2) is 50.1 Å². The van der Waals surface area contributed by atoms with Gasteiger partial charge in [-0.15, -0.1) is 0 Å². The van der Waals surface area contributed by atoms with E-state index < -0.39 is 0 Å². The van der Waals surface area contributed by atoms with Gasteiger partial charge in [0.15, 0.2) is 0 Å². The lowest BCUT2D eigenvalue weighted by atomic mass is 10.1. The number of amides is 1. The average Bonchev–Trinajstić information content (AvgIpc) is 2.69. The van der Waals surface area contributed by atoms with Crippen LogP contribution in [0.25, 0.3) is 0 Å². The molecule has 0 aliphatic carbocycles. The fraction of sp³-hybridized carbons (Fsp3) is 0.381. The number of anilines is 2. The molecule has 3 rings (SSSR count). The van der Waals surface area contributed by atoms with Crippen molar-refractivity contribution in [2.24, 2.45) is 0 Å². The molecule has 1 aliphatic rings. The lowest BCUT2D eigenvalue weighted by Crippen LogP contribution is -2.46. The Hall–Kier alpha value is -2.53. The first-order valence-electron chi connectivity index (χ1n) is 9.32. The third-order valence-electron chi connectivity index (χ3n) is 4.74. The minimum Gasteiger partial charge on any atom is -0.493 e. The van der Waals surface area contributed by atoms with Crippen LogP contribution >= 0.6 is 0 Å². The highest BCUT2D eigenvalue weighted by atomic mass is 16.5. The van der Waals surface area contributed by atoms with E-state index in [4.69, 9.17) is 4.74 Å². The number of ether oxygens (including phenoxy) is 1. The monoisotopic (exact) mass is 353 g/mol. The van der Waals surface area contributed by atoms with Gasteiger partial charge >= 0.3 is 0 Å². The Morgan fingerprint density at radius 1 is 1.00 bits per heavy atom. The number of para-hydroxylation sites is 3. The van der Waals surface area contributed by atoms with Crippen LogP contribution in [0.4, 0.5) is 11.4 Å². The number of benzene rings is 2. The molecule has 1 fully saturated rings. The van der Waals surface area contributed by atoms with Crippen molar-refractivity contribution < 1.29 is 9.53 Å². The molecule has 5 nitrogen and oxygen atoms in total. The molecular weight excluding hydrogens is 326 g/mol. The Morgan fingerprint density at radius 3 is 2.42 bits per heavy atom. The van der Waals surface area contributed by atoms with Crippen molar-refractivity contribution >= 4 is 17.3 Å². The molecule has 1 saturated heterocycles. The number of carbonyl (C=O) groups is 1. The van der Waals surface area contributed by atoms with E-state index in [-0.39, 0.29) is 5.91 Å². The van der Waals surface area contributed by atoms with Gasteiger partial charge in [0.05, 0.1) is 23.5 Å². The fourth-order valence-corrected chi connectivity index (χ4v) is 3.29. The minimum absolute atomic E-state index is 0.145. The summed E-state index contributed by atoms with van der Waals surface area (Å²) >= 11 is 0. The van der Waals surface area contributed by atoms with Gasteiger partial charge in [0.1, 0.15) is 5.75 Å². The molecular formula is C21H27N3O2. The number of nitrogens with zero attached hydrogens (tertiary/aromatic N) is 2. The van der Waals surface area contributed by atoms with E-state index in [9.17, 15) is 4.79 Å². The lowest BCUT2D eigenvalue weighted by Gasteiger charge is -2.36. The predicted molar refractivity (Wildman–Crippen MR) is 106 cm³/mol. The van der Waals surface area contributed by atoms with Crippen LogP contribution in [0, 0.1) is 0 Å². The third-order valence-corrected chi connectivity index (χ3v) is 4.74. The Kier molecular flexibility index (Phi) is 6.12. The molecule has 138 valence electrons. The van der Waals surface area contributed by atoms with Crippen LogP contribution in [0.3, 0.4) is 0 Å². The number of hydrogen-bond acceptors (Lipinski definition) is 4. The zero-order chi connectivity index (χ0) is 18.4. The van der Waals surface area contributed by atoms with E-state index in [0.717, 1.165) is 44.1 Å². The largest absolute Gasteiger partial charge is 0.493 e. The molecule has 2 aromatic rings. The van der Waals surface area contributed by atoms with E-state index in [0.29, 0.717) is 17.9 Å². The SMILES string of the molecule is CCOc1ccccc1C(=O)Nc1ccccc1N1CCN(CC)CC1. The first-order valence-corrected chi connectivity index (χ1v) is 9.32. The summed E-state index contributed by atoms with van der Waals surface area (Å²) < 4.78 is 5.59.